The number of nitrogens with one attached hydrogen (secondary N) is 1. The molecule has 0 radical (unpaired) electrons. The van der Waals surface area contributed by atoms with Crippen LogP contribution in [0.1, 0.15) is 6.92 Å². The second-order valence-corrected chi connectivity index (χ2v) is 4.48. The van der Waals surface area contributed by atoms with Crippen LogP contribution in [0.25, 0.3) is 0 Å². The highest BCUT2D eigenvalue weighted by molar-refractivity contribution is 14.0. The molecule has 1 fully saturated rings. The predicted octanol–water partition coefficient (Wildman–Crippen LogP) is 0.567. The van der Waals surface area contributed by atoms with Crippen molar-refractivity contribution in [3.8, 4) is 0 Å². The van der Waals surface area contributed by atoms with Crippen molar-refractivity contribution in [3.05, 3.63) is 0 Å². The Bertz CT molecular complexity index is 313. The summed E-state index contributed by atoms with van der Waals surface area (Å²) in [5.74, 6) is 0.872. The van der Waals surface area contributed by atoms with Gasteiger partial charge in [-0.15, -0.1) is 24.0 Å². The quantitative estimate of drug-likeness (QED) is 0.252. The number of ether oxygens (including phenoxy) is 2. The van der Waals surface area contributed by atoms with Crippen LogP contribution in [0.15, 0.2) is 4.99 Å². The minimum absolute atomic E-state index is 0. The smallest absolute Gasteiger partial charge is 0.310 e. The molecule has 1 saturated heterocycles. The van der Waals surface area contributed by atoms with Crippen LogP contribution in [-0.2, 0) is 14.3 Å². The average Bonchev–Trinajstić information content (AvgIpc) is 2.76. The van der Waals surface area contributed by atoms with Gasteiger partial charge in [0.1, 0.15) is 0 Å². The maximum absolute atomic E-state index is 11.6. The lowest BCUT2D eigenvalue weighted by atomic mass is 9.99. The summed E-state index contributed by atoms with van der Waals surface area (Å²) >= 11 is 0. The fourth-order valence-corrected chi connectivity index (χ4v) is 2.20. The molecule has 0 bridgehead atoms. The molecule has 0 spiro atoms. The number of carbonyl (C=O) groups excluding carboxylic acids is 1. The van der Waals surface area contributed by atoms with Crippen molar-refractivity contribution in [1.82, 2.24) is 10.2 Å². The molecule has 7 heteroatoms. The minimum atomic E-state index is -0.141. The number of hydrogen-bond acceptors (Lipinski definition) is 4. The molecule has 112 valence electrons. The van der Waals surface area contributed by atoms with E-state index in [1.165, 1.54) is 7.11 Å². The van der Waals surface area contributed by atoms with Gasteiger partial charge in [0, 0.05) is 33.8 Å². The summed E-state index contributed by atoms with van der Waals surface area (Å²) in [7, 11) is 4.84. The highest BCUT2D eigenvalue weighted by Crippen LogP contribution is 2.23. The Morgan fingerprint density at radius 2 is 2.11 bits per heavy atom. The van der Waals surface area contributed by atoms with Crippen molar-refractivity contribution in [2.45, 2.75) is 6.92 Å². The Balaban J connectivity index is 0.00000324. The normalized spacial score (nSPS) is 22.9. The van der Waals surface area contributed by atoms with Crippen molar-refractivity contribution in [2.24, 2.45) is 16.8 Å². The number of halogens is 1. The van der Waals surface area contributed by atoms with E-state index in [0.717, 1.165) is 12.5 Å². The summed E-state index contributed by atoms with van der Waals surface area (Å²) in [6.07, 6.45) is 0. The van der Waals surface area contributed by atoms with E-state index >= 15 is 0 Å². The molecule has 19 heavy (non-hydrogen) atoms. The van der Waals surface area contributed by atoms with Crippen molar-refractivity contribution in [2.75, 3.05) is 47.5 Å². The zero-order valence-corrected chi connectivity index (χ0v) is 14.3. The predicted molar refractivity (Wildman–Crippen MR) is 84.9 cm³/mol. The summed E-state index contributed by atoms with van der Waals surface area (Å²) in [5, 5.41) is 3.21. The van der Waals surface area contributed by atoms with Gasteiger partial charge in [-0.2, -0.15) is 0 Å². The van der Waals surface area contributed by atoms with Gasteiger partial charge in [-0.25, -0.2) is 0 Å². The number of guanidine groups is 1. The third-order valence-electron chi connectivity index (χ3n) is 3.22. The summed E-state index contributed by atoms with van der Waals surface area (Å²) in [6.45, 7) is 4.86. The van der Waals surface area contributed by atoms with Crippen LogP contribution in [0.2, 0.25) is 0 Å². The molecule has 0 saturated carbocycles. The van der Waals surface area contributed by atoms with E-state index < -0.39 is 0 Å². The van der Waals surface area contributed by atoms with E-state index in [-0.39, 0.29) is 41.8 Å². The van der Waals surface area contributed by atoms with Crippen LogP contribution >= 0.6 is 24.0 Å². The molecule has 0 aromatic heterocycles. The first kappa shape index (κ1) is 18.4. The van der Waals surface area contributed by atoms with E-state index in [4.69, 9.17) is 9.47 Å². The van der Waals surface area contributed by atoms with Crippen molar-refractivity contribution >= 4 is 35.9 Å². The molecule has 0 amide bonds. The van der Waals surface area contributed by atoms with Gasteiger partial charge in [-0.1, -0.05) is 6.92 Å². The molecule has 6 nitrogen and oxygen atoms in total. The standard InChI is InChI=1S/C12H23N3O3.HI/c1-9-7-15(8-10(9)11(16)18-4)12(13-2)14-5-6-17-3;/h9-10H,5-8H2,1-4H3,(H,13,14);1H. The number of carbonyl (C=O) groups is 1. The van der Waals surface area contributed by atoms with Crippen LogP contribution in [0.4, 0.5) is 0 Å². The third-order valence-corrected chi connectivity index (χ3v) is 3.22. The van der Waals surface area contributed by atoms with Gasteiger partial charge >= 0.3 is 5.97 Å². The number of esters is 1. The van der Waals surface area contributed by atoms with Crippen molar-refractivity contribution in [1.29, 1.82) is 0 Å². The number of rotatable bonds is 4. The molecule has 0 aromatic carbocycles. The Labute approximate surface area is 131 Å². The van der Waals surface area contributed by atoms with Crippen LogP contribution in [0, 0.1) is 11.8 Å². The average molecular weight is 385 g/mol. The van der Waals surface area contributed by atoms with Crippen LogP contribution in [0.3, 0.4) is 0 Å². The largest absolute Gasteiger partial charge is 0.469 e. The van der Waals surface area contributed by atoms with Crippen LogP contribution < -0.4 is 5.32 Å². The molecule has 1 rings (SSSR count). The zero-order chi connectivity index (χ0) is 13.5. The number of aliphatic imine (C=N–C) groups is 1. The molecule has 0 aromatic rings. The second kappa shape index (κ2) is 9.35. The molecular weight excluding hydrogens is 361 g/mol. The molecule has 0 aliphatic carbocycles. The Morgan fingerprint density at radius 1 is 1.42 bits per heavy atom. The maximum atomic E-state index is 11.6. The van der Waals surface area contributed by atoms with Gasteiger partial charge in [0.25, 0.3) is 0 Å². The van der Waals surface area contributed by atoms with Gasteiger partial charge in [0.15, 0.2) is 5.96 Å². The highest BCUT2D eigenvalue weighted by Gasteiger charge is 2.36. The molecule has 2 atom stereocenters. The van der Waals surface area contributed by atoms with Gasteiger partial charge in [-0.3, -0.25) is 9.79 Å². The monoisotopic (exact) mass is 385 g/mol. The SMILES string of the molecule is CN=C(NCCOC)N1CC(C)C(C(=O)OC)C1.I. The Morgan fingerprint density at radius 3 is 2.63 bits per heavy atom. The van der Waals surface area contributed by atoms with Gasteiger partial charge < -0.3 is 19.7 Å². The summed E-state index contributed by atoms with van der Waals surface area (Å²) in [5.41, 5.74) is 0. The Kier molecular flexibility index (Phi) is 9.07. The molecule has 1 N–H and O–H groups in total. The number of hydrogen-bond donors (Lipinski definition) is 1. The number of likely N-dealkylation sites (tertiary alicyclic amines) is 1. The maximum Gasteiger partial charge on any atom is 0.310 e. The molecule has 1 heterocycles. The third kappa shape index (κ3) is 5.13. The van der Waals surface area contributed by atoms with E-state index in [1.54, 1.807) is 14.2 Å². The lowest BCUT2D eigenvalue weighted by Crippen LogP contribution is -2.41. The summed E-state index contributed by atoms with van der Waals surface area (Å²) < 4.78 is 9.81. The van der Waals surface area contributed by atoms with Crippen molar-refractivity contribution < 1.29 is 14.3 Å². The van der Waals surface area contributed by atoms with E-state index in [1.807, 2.05) is 0 Å². The van der Waals surface area contributed by atoms with Gasteiger partial charge in [-0.05, 0) is 5.92 Å². The van der Waals surface area contributed by atoms with Gasteiger partial charge in [0.2, 0.25) is 0 Å². The lowest BCUT2D eigenvalue weighted by Gasteiger charge is -2.21. The number of methoxy groups -OCH3 is 2. The minimum Gasteiger partial charge on any atom is -0.469 e. The first-order chi connectivity index (χ1) is 8.63. The molecule has 1 aliphatic rings. The topological polar surface area (TPSA) is 63.2 Å². The fraction of sp³-hybridized carbons (Fsp3) is 0.833. The first-order valence-electron chi connectivity index (χ1n) is 6.16. The second-order valence-electron chi connectivity index (χ2n) is 4.48. The van der Waals surface area contributed by atoms with Crippen molar-refractivity contribution in [3.63, 3.8) is 0 Å². The summed E-state index contributed by atoms with van der Waals surface area (Å²) in [6, 6.07) is 0. The molecule has 1 aliphatic heterocycles. The Hall–Kier alpha value is -0.570. The van der Waals surface area contributed by atoms with Crippen LogP contribution in [-0.4, -0.2) is 64.3 Å². The van der Waals surface area contributed by atoms with Crippen LogP contribution in [0.5, 0.6) is 0 Å². The van der Waals surface area contributed by atoms with E-state index in [9.17, 15) is 4.79 Å². The highest BCUT2D eigenvalue weighted by atomic mass is 127. The van der Waals surface area contributed by atoms with Gasteiger partial charge in [0.05, 0.1) is 19.6 Å². The van der Waals surface area contributed by atoms with E-state index in [2.05, 4.69) is 22.1 Å². The lowest BCUT2D eigenvalue weighted by molar-refractivity contribution is -0.145. The molecule has 2 unspecified atom stereocenters. The summed E-state index contributed by atoms with van der Waals surface area (Å²) in [4.78, 5) is 17.9. The van der Waals surface area contributed by atoms with E-state index in [0.29, 0.717) is 19.7 Å². The molecular formula is C12H24IN3O3. The zero-order valence-electron chi connectivity index (χ0n) is 12.0. The number of nitrogens with zero attached hydrogens (tertiary/aromatic N) is 2. The first-order valence-corrected chi connectivity index (χ1v) is 6.16. The fourth-order valence-electron chi connectivity index (χ4n) is 2.20.